The monoisotopic (exact) mass is 489 g/mol. The first-order valence-corrected chi connectivity index (χ1v) is 10.3. The molecule has 1 amide bonds. The van der Waals surface area contributed by atoms with Crippen LogP contribution in [0.5, 0.6) is 0 Å². The van der Waals surface area contributed by atoms with E-state index in [0.29, 0.717) is 24.6 Å². The highest BCUT2D eigenvalue weighted by Crippen LogP contribution is 2.20. The van der Waals surface area contributed by atoms with Crippen LogP contribution in [0.3, 0.4) is 0 Å². The lowest BCUT2D eigenvalue weighted by Gasteiger charge is -2.27. The SMILES string of the molecule is Nc1nc2c(c(=O)[nH]1)NC(CNc1ccc(C(=O)N[C@@H](CC(C(=O)O)C(=O)O)C(=O)O)cc1)CN2. The molecule has 10 N–H and O–H groups in total. The maximum absolute atomic E-state index is 12.4. The third-order valence-corrected chi connectivity index (χ3v) is 5.17. The van der Waals surface area contributed by atoms with Crippen molar-refractivity contribution in [2.75, 3.05) is 34.8 Å². The van der Waals surface area contributed by atoms with Gasteiger partial charge >= 0.3 is 17.9 Å². The third kappa shape index (κ3) is 6.16. The van der Waals surface area contributed by atoms with Crippen molar-refractivity contribution in [3.63, 3.8) is 0 Å². The number of anilines is 4. The van der Waals surface area contributed by atoms with E-state index in [0.717, 1.165) is 0 Å². The summed E-state index contributed by atoms with van der Waals surface area (Å²) in [6, 6.07) is 4.09. The first kappa shape index (κ1) is 24.8. The summed E-state index contributed by atoms with van der Waals surface area (Å²) in [7, 11) is 0. The fourth-order valence-corrected chi connectivity index (χ4v) is 3.34. The second-order valence-corrected chi connectivity index (χ2v) is 7.68. The van der Waals surface area contributed by atoms with Gasteiger partial charge in [-0.1, -0.05) is 0 Å². The van der Waals surface area contributed by atoms with Gasteiger partial charge in [0.2, 0.25) is 5.95 Å². The summed E-state index contributed by atoms with van der Waals surface area (Å²) >= 11 is 0. The van der Waals surface area contributed by atoms with Gasteiger partial charge in [-0.25, -0.2) is 4.79 Å². The molecule has 1 aromatic carbocycles. The number of aromatic amines is 1. The molecule has 0 fully saturated rings. The second kappa shape index (κ2) is 10.4. The van der Waals surface area contributed by atoms with E-state index in [1.54, 1.807) is 12.1 Å². The number of fused-ring (bicyclic) bond motifs is 1. The normalized spacial score (nSPS) is 15.2. The van der Waals surface area contributed by atoms with E-state index < -0.39 is 47.8 Å². The number of nitrogen functional groups attached to an aromatic ring is 1. The van der Waals surface area contributed by atoms with Crippen LogP contribution >= 0.6 is 0 Å². The Balaban J connectivity index is 1.57. The molecule has 0 spiro atoms. The number of carbonyl (C=O) groups excluding carboxylic acids is 1. The zero-order valence-electron chi connectivity index (χ0n) is 18.1. The van der Waals surface area contributed by atoms with Gasteiger partial charge in [0.1, 0.15) is 11.7 Å². The van der Waals surface area contributed by atoms with Gasteiger partial charge in [-0.05, 0) is 24.3 Å². The number of carboxylic acid groups (broad SMARTS) is 3. The topological polar surface area (TPSA) is 249 Å². The molecule has 15 heteroatoms. The molecule has 15 nitrogen and oxygen atoms in total. The van der Waals surface area contributed by atoms with Crippen LogP contribution < -0.4 is 32.6 Å². The van der Waals surface area contributed by atoms with Gasteiger partial charge in [-0.3, -0.25) is 24.2 Å². The summed E-state index contributed by atoms with van der Waals surface area (Å²) < 4.78 is 0. The van der Waals surface area contributed by atoms with Crippen molar-refractivity contribution < 1.29 is 34.5 Å². The number of aromatic nitrogens is 2. The van der Waals surface area contributed by atoms with E-state index in [9.17, 15) is 29.1 Å². The average molecular weight is 489 g/mol. The highest BCUT2D eigenvalue weighted by Gasteiger charge is 2.33. The van der Waals surface area contributed by atoms with Crippen LogP contribution in [0.25, 0.3) is 0 Å². The fourth-order valence-electron chi connectivity index (χ4n) is 3.34. The number of hydrogen-bond donors (Lipinski definition) is 9. The number of nitrogens with two attached hydrogens (primary N) is 1. The van der Waals surface area contributed by atoms with Crippen molar-refractivity contribution >= 4 is 47.0 Å². The average Bonchev–Trinajstić information content (AvgIpc) is 2.80. The van der Waals surface area contributed by atoms with Crippen LogP contribution in [0.1, 0.15) is 16.8 Å². The van der Waals surface area contributed by atoms with E-state index >= 15 is 0 Å². The molecule has 0 aliphatic carbocycles. The minimum Gasteiger partial charge on any atom is -0.481 e. The van der Waals surface area contributed by atoms with Gasteiger partial charge < -0.3 is 42.3 Å². The number of nitrogens with one attached hydrogen (secondary N) is 5. The summed E-state index contributed by atoms with van der Waals surface area (Å²) in [6.07, 6.45) is -0.818. The quantitative estimate of drug-likeness (QED) is 0.182. The summed E-state index contributed by atoms with van der Waals surface area (Å²) in [5, 5.41) is 38.5. The lowest BCUT2D eigenvalue weighted by molar-refractivity contribution is -0.155. The molecule has 1 unspecified atom stereocenters. The lowest BCUT2D eigenvalue weighted by atomic mass is 9.99. The van der Waals surface area contributed by atoms with Gasteiger partial charge in [0.05, 0.1) is 6.04 Å². The van der Waals surface area contributed by atoms with Crippen molar-refractivity contribution in [1.29, 1.82) is 0 Å². The molecule has 0 bridgehead atoms. The zero-order chi connectivity index (χ0) is 25.7. The maximum atomic E-state index is 12.4. The number of hydrogen-bond acceptors (Lipinski definition) is 10. The zero-order valence-corrected chi connectivity index (χ0v) is 18.1. The summed E-state index contributed by atoms with van der Waals surface area (Å²) in [4.78, 5) is 64.3. The molecule has 2 atom stereocenters. The molecular weight excluding hydrogens is 466 g/mol. The lowest BCUT2D eigenvalue weighted by Crippen LogP contribution is -2.44. The molecule has 35 heavy (non-hydrogen) atoms. The minimum absolute atomic E-state index is 0.00187. The number of benzene rings is 1. The highest BCUT2D eigenvalue weighted by molar-refractivity contribution is 5.98. The Morgan fingerprint density at radius 2 is 1.74 bits per heavy atom. The van der Waals surface area contributed by atoms with E-state index in [2.05, 4.69) is 31.2 Å². The van der Waals surface area contributed by atoms with E-state index in [1.807, 2.05) is 0 Å². The summed E-state index contributed by atoms with van der Waals surface area (Å²) in [5.74, 6) is -7.40. The number of nitrogens with zero attached hydrogens (tertiary/aromatic N) is 1. The Morgan fingerprint density at radius 3 is 2.34 bits per heavy atom. The van der Waals surface area contributed by atoms with Gasteiger partial charge in [0.25, 0.3) is 11.5 Å². The Kier molecular flexibility index (Phi) is 7.38. The van der Waals surface area contributed by atoms with Crippen LogP contribution in [0, 0.1) is 5.92 Å². The Hall–Kier alpha value is -4.82. The van der Waals surface area contributed by atoms with Crippen molar-refractivity contribution in [3.8, 4) is 0 Å². The third-order valence-electron chi connectivity index (χ3n) is 5.17. The van der Waals surface area contributed by atoms with Crippen LogP contribution in [-0.2, 0) is 14.4 Å². The van der Waals surface area contributed by atoms with Crippen LogP contribution in [0.15, 0.2) is 29.1 Å². The molecule has 3 rings (SSSR count). The smallest absolute Gasteiger partial charge is 0.326 e. The number of rotatable bonds is 10. The molecule has 2 heterocycles. The molecule has 1 aliphatic heterocycles. The number of amides is 1. The van der Waals surface area contributed by atoms with Crippen LogP contribution in [0.2, 0.25) is 0 Å². The molecule has 1 aromatic heterocycles. The largest absolute Gasteiger partial charge is 0.481 e. The number of H-pyrrole nitrogens is 1. The van der Waals surface area contributed by atoms with Crippen molar-refractivity contribution in [2.45, 2.75) is 18.5 Å². The highest BCUT2D eigenvalue weighted by atomic mass is 16.4. The standard InChI is InChI=1S/C20H23N7O8/c21-20-26-14-13(16(29)27-20)24-10(7-23-14)6-22-9-3-1-8(2-4-9)15(28)25-12(19(34)35)5-11(17(30)31)18(32)33/h1-4,10-12,22,24H,5-7H2,(H,25,28)(H,30,31)(H,32,33)(H,34,35)(H4,21,23,26,27,29)/t10?,12-/m0/s1. The number of carboxylic acids is 3. The van der Waals surface area contributed by atoms with Crippen molar-refractivity contribution in [3.05, 3.63) is 40.2 Å². The molecule has 186 valence electrons. The molecule has 0 saturated heterocycles. The predicted octanol–water partition coefficient (Wildman–Crippen LogP) is -0.971. The van der Waals surface area contributed by atoms with Gasteiger partial charge in [-0.15, -0.1) is 0 Å². The number of carbonyl (C=O) groups is 4. The molecule has 1 aliphatic rings. The van der Waals surface area contributed by atoms with Crippen LogP contribution in [-0.4, -0.2) is 74.3 Å². The minimum atomic E-state index is -1.98. The fraction of sp³-hybridized carbons (Fsp3) is 0.300. The van der Waals surface area contributed by atoms with Crippen LogP contribution in [0.4, 0.5) is 23.1 Å². The van der Waals surface area contributed by atoms with Gasteiger partial charge in [0.15, 0.2) is 11.7 Å². The van der Waals surface area contributed by atoms with E-state index in [1.165, 1.54) is 12.1 Å². The summed E-state index contributed by atoms with van der Waals surface area (Å²) in [6.45, 7) is 0.856. The van der Waals surface area contributed by atoms with Gasteiger partial charge in [0, 0.05) is 30.8 Å². The maximum Gasteiger partial charge on any atom is 0.326 e. The van der Waals surface area contributed by atoms with Crippen molar-refractivity contribution in [1.82, 2.24) is 15.3 Å². The van der Waals surface area contributed by atoms with Gasteiger partial charge in [-0.2, -0.15) is 4.98 Å². The first-order valence-electron chi connectivity index (χ1n) is 10.3. The van der Waals surface area contributed by atoms with E-state index in [4.69, 9.17) is 15.9 Å². The number of aliphatic carboxylic acids is 3. The molecule has 0 saturated carbocycles. The molecular formula is C20H23N7O8. The van der Waals surface area contributed by atoms with Crippen molar-refractivity contribution in [2.24, 2.45) is 5.92 Å². The Morgan fingerprint density at radius 1 is 1.09 bits per heavy atom. The Bertz CT molecular complexity index is 1180. The molecule has 2 aromatic rings. The first-order chi connectivity index (χ1) is 16.5. The van der Waals surface area contributed by atoms with E-state index in [-0.39, 0.29) is 23.2 Å². The Labute approximate surface area is 196 Å². The molecule has 0 radical (unpaired) electrons. The predicted molar refractivity (Wildman–Crippen MR) is 122 cm³/mol. The summed E-state index contributed by atoms with van der Waals surface area (Å²) in [5.41, 5.74) is 6.10. The second-order valence-electron chi connectivity index (χ2n) is 7.68.